The third-order valence-corrected chi connectivity index (χ3v) is 5.00. The Bertz CT molecular complexity index is 1230. The fourth-order valence-electron chi connectivity index (χ4n) is 2.49. The number of amides is 1. The first-order valence-electron chi connectivity index (χ1n) is 8.29. The van der Waals surface area contributed by atoms with Crippen LogP contribution in [0, 0.1) is 11.3 Å². The molecule has 1 aromatic heterocycles. The van der Waals surface area contributed by atoms with Crippen molar-refractivity contribution in [2.75, 3.05) is 5.32 Å². The molecule has 0 aliphatic rings. The van der Waals surface area contributed by atoms with Gasteiger partial charge in [0.25, 0.3) is 5.91 Å². The number of carboxylic acid groups (broad SMARTS) is 1. The van der Waals surface area contributed by atoms with E-state index in [2.05, 4.69) is 5.32 Å². The number of furan rings is 1. The molecule has 0 bridgehead atoms. The van der Waals surface area contributed by atoms with Crippen LogP contribution in [0.2, 0.25) is 15.1 Å². The smallest absolute Gasteiger partial charge is 0.335 e. The van der Waals surface area contributed by atoms with Gasteiger partial charge in [0.05, 0.1) is 20.6 Å². The quantitative estimate of drug-likeness (QED) is 0.350. The van der Waals surface area contributed by atoms with Gasteiger partial charge in [-0.25, -0.2) is 4.79 Å². The summed E-state index contributed by atoms with van der Waals surface area (Å²) < 4.78 is 5.63. The largest absolute Gasteiger partial charge is 0.478 e. The third-order valence-electron chi connectivity index (χ3n) is 3.93. The van der Waals surface area contributed by atoms with Crippen molar-refractivity contribution in [3.63, 3.8) is 0 Å². The Kier molecular flexibility index (Phi) is 6.48. The van der Waals surface area contributed by atoms with E-state index in [1.54, 1.807) is 12.1 Å². The molecule has 0 spiro atoms. The maximum atomic E-state index is 12.4. The number of aromatic carboxylic acids is 1. The molecular formula is C21H11Cl3N2O4. The summed E-state index contributed by atoms with van der Waals surface area (Å²) in [7, 11) is 0. The van der Waals surface area contributed by atoms with Gasteiger partial charge in [-0.2, -0.15) is 5.26 Å². The minimum atomic E-state index is -1.11. The van der Waals surface area contributed by atoms with Crippen LogP contribution in [0.5, 0.6) is 0 Å². The Morgan fingerprint density at radius 3 is 2.40 bits per heavy atom. The Labute approximate surface area is 185 Å². The number of carboxylic acids is 1. The number of rotatable bonds is 5. The van der Waals surface area contributed by atoms with Gasteiger partial charge in [-0.3, -0.25) is 4.79 Å². The summed E-state index contributed by atoms with van der Waals surface area (Å²) >= 11 is 17.9. The van der Waals surface area contributed by atoms with Crippen LogP contribution in [-0.2, 0) is 4.79 Å². The SMILES string of the molecule is N#C/C(=C/c1ccc(-c2cc(C(=O)O)ccc2Cl)o1)C(=O)Nc1ccc(Cl)c(Cl)c1. The van der Waals surface area contributed by atoms with Gasteiger partial charge in [-0.1, -0.05) is 34.8 Å². The zero-order valence-corrected chi connectivity index (χ0v) is 17.2. The molecule has 3 aromatic rings. The van der Waals surface area contributed by atoms with E-state index in [0.29, 0.717) is 21.3 Å². The molecule has 9 heteroatoms. The van der Waals surface area contributed by atoms with Gasteiger partial charge < -0.3 is 14.8 Å². The van der Waals surface area contributed by atoms with Gasteiger partial charge >= 0.3 is 5.97 Å². The number of nitrogens with zero attached hydrogens (tertiary/aromatic N) is 1. The molecule has 3 rings (SSSR count). The van der Waals surface area contributed by atoms with Crippen LogP contribution in [-0.4, -0.2) is 17.0 Å². The molecule has 0 unspecified atom stereocenters. The standard InChI is InChI=1S/C21H11Cl3N2O4/c22-16-4-1-11(21(28)29)8-15(16)19-6-3-14(30-19)7-12(10-25)20(27)26-13-2-5-17(23)18(24)9-13/h1-9H,(H,26,27)(H,28,29)/b12-7-. The number of hydrogen-bond donors (Lipinski definition) is 2. The minimum Gasteiger partial charge on any atom is -0.478 e. The molecule has 0 atom stereocenters. The van der Waals surface area contributed by atoms with Crippen molar-refractivity contribution in [1.82, 2.24) is 0 Å². The van der Waals surface area contributed by atoms with Crippen molar-refractivity contribution >= 4 is 58.4 Å². The van der Waals surface area contributed by atoms with Crippen molar-refractivity contribution in [2.45, 2.75) is 0 Å². The molecule has 0 aliphatic carbocycles. The fraction of sp³-hybridized carbons (Fsp3) is 0. The van der Waals surface area contributed by atoms with Crippen LogP contribution in [0.25, 0.3) is 17.4 Å². The molecule has 0 aliphatic heterocycles. The number of halogens is 3. The Hall–Kier alpha value is -3.24. The van der Waals surface area contributed by atoms with Gasteiger partial charge in [-0.15, -0.1) is 0 Å². The second kappa shape index (κ2) is 9.06. The normalized spacial score (nSPS) is 11.1. The van der Waals surface area contributed by atoms with Crippen LogP contribution in [0.1, 0.15) is 16.1 Å². The molecule has 1 amide bonds. The van der Waals surface area contributed by atoms with Crippen molar-refractivity contribution in [2.24, 2.45) is 0 Å². The highest BCUT2D eigenvalue weighted by atomic mass is 35.5. The van der Waals surface area contributed by atoms with E-state index in [1.165, 1.54) is 42.5 Å². The second-order valence-corrected chi connectivity index (χ2v) is 7.18. The lowest BCUT2D eigenvalue weighted by Crippen LogP contribution is -2.13. The van der Waals surface area contributed by atoms with Gasteiger partial charge in [-0.05, 0) is 48.5 Å². The summed E-state index contributed by atoms with van der Waals surface area (Å²) in [5, 5.41) is 21.9. The average Bonchev–Trinajstić information content (AvgIpc) is 3.17. The number of hydrogen-bond acceptors (Lipinski definition) is 4. The van der Waals surface area contributed by atoms with Gasteiger partial charge in [0.15, 0.2) is 0 Å². The van der Waals surface area contributed by atoms with Crippen molar-refractivity contribution in [3.05, 3.63) is 80.5 Å². The van der Waals surface area contributed by atoms with Crippen molar-refractivity contribution < 1.29 is 19.1 Å². The monoisotopic (exact) mass is 460 g/mol. The molecule has 2 aromatic carbocycles. The highest BCUT2D eigenvalue weighted by molar-refractivity contribution is 6.42. The number of benzene rings is 2. The molecule has 30 heavy (non-hydrogen) atoms. The number of nitrogens with one attached hydrogen (secondary N) is 1. The minimum absolute atomic E-state index is 0.0432. The molecular weight excluding hydrogens is 451 g/mol. The Morgan fingerprint density at radius 1 is 1.00 bits per heavy atom. The molecule has 2 N–H and O–H groups in total. The second-order valence-electron chi connectivity index (χ2n) is 5.95. The van der Waals surface area contributed by atoms with Crippen LogP contribution >= 0.6 is 34.8 Å². The number of nitriles is 1. The molecule has 0 saturated heterocycles. The van der Waals surface area contributed by atoms with Crippen LogP contribution in [0.15, 0.2) is 58.5 Å². The van der Waals surface area contributed by atoms with Crippen LogP contribution < -0.4 is 5.32 Å². The van der Waals surface area contributed by atoms with Gasteiger partial charge in [0.2, 0.25) is 0 Å². The Morgan fingerprint density at radius 2 is 1.73 bits per heavy atom. The van der Waals surface area contributed by atoms with E-state index in [9.17, 15) is 14.9 Å². The van der Waals surface area contributed by atoms with Crippen molar-refractivity contribution in [1.29, 1.82) is 5.26 Å². The first-order valence-corrected chi connectivity index (χ1v) is 9.43. The molecule has 150 valence electrons. The summed E-state index contributed by atoms with van der Waals surface area (Å²) in [5.41, 5.74) is 0.567. The number of carbonyl (C=O) groups excluding carboxylic acids is 1. The molecule has 0 fully saturated rings. The summed E-state index contributed by atoms with van der Waals surface area (Å²) in [6.07, 6.45) is 1.26. The zero-order valence-electron chi connectivity index (χ0n) is 14.9. The van der Waals surface area contributed by atoms with E-state index in [1.807, 2.05) is 6.07 Å². The maximum absolute atomic E-state index is 12.4. The topological polar surface area (TPSA) is 103 Å². The first-order chi connectivity index (χ1) is 14.3. The maximum Gasteiger partial charge on any atom is 0.335 e. The molecule has 6 nitrogen and oxygen atoms in total. The highest BCUT2D eigenvalue weighted by Crippen LogP contribution is 2.31. The third kappa shape index (κ3) is 4.84. The average molecular weight is 462 g/mol. The Balaban J connectivity index is 1.86. The van der Waals surface area contributed by atoms with E-state index in [4.69, 9.17) is 44.3 Å². The number of carbonyl (C=O) groups is 2. The lowest BCUT2D eigenvalue weighted by atomic mass is 10.1. The summed E-state index contributed by atoms with van der Waals surface area (Å²) in [5.74, 6) is -1.27. The molecule has 0 saturated carbocycles. The summed E-state index contributed by atoms with van der Waals surface area (Å²) in [4.78, 5) is 23.6. The van der Waals surface area contributed by atoms with E-state index >= 15 is 0 Å². The van der Waals surface area contributed by atoms with Crippen molar-refractivity contribution in [3.8, 4) is 17.4 Å². The van der Waals surface area contributed by atoms with E-state index in [0.717, 1.165) is 0 Å². The van der Waals surface area contributed by atoms with Crippen LogP contribution in [0.4, 0.5) is 5.69 Å². The predicted octanol–water partition coefficient (Wildman–Crippen LogP) is 6.15. The predicted molar refractivity (Wildman–Crippen MR) is 115 cm³/mol. The van der Waals surface area contributed by atoms with Gasteiger partial charge in [0.1, 0.15) is 23.2 Å². The molecule has 1 heterocycles. The van der Waals surface area contributed by atoms with Crippen LogP contribution in [0.3, 0.4) is 0 Å². The number of anilines is 1. The first kappa shape index (κ1) is 21.5. The van der Waals surface area contributed by atoms with Gasteiger partial charge in [0, 0.05) is 17.3 Å². The summed E-state index contributed by atoms with van der Waals surface area (Å²) in [6.45, 7) is 0. The lowest BCUT2D eigenvalue weighted by molar-refractivity contribution is -0.112. The lowest BCUT2D eigenvalue weighted by Gasteiger charge is -2.05. The highest BCUT2D eigenvalue weighted by Gasteiger charge is 2.15. The zero-order chi connectivity index (χ0) is 21.8. The molecule has 0 radical (unpaired) electrons. The van der Waals surface area contributed by atoms with E-state index in [-0.39, 0.29) is 27.7 Å². The fourth-order valence-corrected chi connectivity index (χ4v) is 2.99. The van der Waals surface area contributed by atoms with E-state index < -0.39 is 11.9 Å². The summed E-state index contributed by atoms with van der Waals surface area (Å²) in [6, 6.07) is 13.6.